The summed E-state index contributed by atoms with van der Waals surface area (Å²) >= 11 is 0. The third kappa shape index (κ3) is 14.8. The largest absolute Gasteiger partial charge is 0.698 e. The Balaban J connectivity index is 0.00000386. The Morgan fingerprint density at radius 3 is 2.16 bits per heavy atom. The number of halogens is 2. The fraction of sp³-hybridized carbons (Fsp3) is 0.854. The van der Waals surface area contributed by atoms with E-state index in [-0.39, 0.29) is 50.9 Å². The zero-order valence-corrected chi connectivity index (χ0v) is 42.5. The van der Waals surface area contributed by atoms with Crippen LogP contribution in [0.25, 0.3) is 0 Å². The minimum absolute atomic E-state index is 0.00534. The molecular formula is C48H81F2NO15P+. The highest BCUT2D eigenvalue weighted by Gasteiger charge is 2.58. The summed E-state index contributed by atoms with van der Waals surface area (Å²) in [5.74, 6) is -9.27. The van der Waals surface area contributed by atoms with Gasteiger partial charge in [-0.2, -0.15) is 0 Å². The summed E-state index contributed by atoms with van der Waals surface area (Å²) in [5, 5.41) is 42.4. The van der Waals surface area contributed by atoms with Gasteiger partial charge in [-0.05, 0) is 109 Å². The van der Waals surface area contributed by atoms with E-state index in [4.69, 9.17) is 37.8 Å². The third-order valence-corrected chi connectivity index (χ3v) is 15.0. The SMILES string of the molecule is CCO.CCO[P+](=O)OC1(C(F)F)C[C@H](O)[C@@H](C)[C@@H](/C(C)=C/[C@@H]2CC[C@@H](O)[C@H](OC)C2)OC(=O)[C@@H]2CCCCN2C(=O)C(=O)[C@]2(O)O[C@H]([C@@H](OC)C[C@@H](C)C/C(C)=C/[C@H]1CC)[C@@H](OC)C[C@H]2C. The lowest BCUT2D eigenvalue weighted by Crippen LogP contribution is -2.64. The van der Waals surface area contributed by atoms with Gasteiger partial charge in [-0.25, -0.2) is 13.6 Å². The molecule has 3 fully saturated rings. The molecule has 0 aromatic heterocycles. The number of hydrogen-bond acceptors (Lipinski definition) is 15. The Hall–Kier alpha value is -2.35. The number of carbonyl (C=O) groups excluding carboxylic acids is 3. The van der Waals surface area contributed by atoms with Crippen LogP contribution in [0.3, 0.4) is 0 Å². The number of aliphatic hydroxyl groups is 4. The van der Waals surface area contributed by atoms with E-state index in [0.29, 0.717) is 56.1 Å². The molecule has 4 N–H and O–H groups in total. The van der Waals surface area contributed by atoms with E-state index < -0.39 is 117 Å². The van der Waals surface area contributed by atoms with E-state index in [1.807, 2.05) is 13.0 Å². The second-order valence-corrected chi connectivity index (χ2v) is 19.9. The molecule has 0 aromatic rings. The first-order valence-electron chi connectivity index (χ1n) is 24.1. The van der Waals surface area contributed by atoms with Crippen molar-refractivity contribution >= 4 is 25.9 Å². The van der Waals surface area contributed by atoms with Crippen LogP contribution in [-0.4, -0.2) is 151 Å². The summed E-state index contributed by atoms with van der Waals surface area (Å²) in [7, 11) is 1.36. The van der Waals surface area contributed by atoms with Crippen LogP contribution in [0.15, 0.2) is 23.3 Å². The lowest BCUT2D eigenvalue weighted by molar-refractivity contribution is -0.302. The topological polar surface area (TPSA) is 217 Å². The second-order valence-electron chi connectivity index (χ2n) is 19.0. The number of nitrogens with zero attached hydrogens (tertiary/aromatic N) is 1. The van der Waals surface area contributed by atoms with Crippen molar-refractivity contribution in [2.45, 2.75) is 193 Å². The number of aliphatic hydroxyl groups excluding tert-OH is 3. The maximum Gasteiger partial charge on any atom is 0.698 e. The molecule has 2 bridgehead atoms. The highest BCUT2D eigenvalue weighted by molar-refractivity contribution is 7.33. The first-order valence-corrected chi connectivity index (χ1v) is 25.2. The summed E-state index contributed by atoms with van der Waals surface area (Å²) in [6.07, 6.45) is -3.52. The predicted molar refractivity (Wildman–Crippen MR) is 245 cm³/mol. The predicted octanol–water partition coefficient (Wildman–Crippen LogP) is 6.62. The second kappa shape index (κ2) is 27.3. The number of amides is 1. The number of Topliss-reactive ketones (excluding diaryl/α,β-unsaturated/α-hetero) is 1. The molecule has 19 heteroatoms. The number of alkyl halides is 2. The van der Waals surface area contributed by atoms with E-state index in [9.17, 15) is 34.3 Å². The van der Waals surface area contributed by atoms with Crippen molar-refractivity contribution in [1.29, 1.82) is 0 Å². The van der Waals surface area contributed by atoms with Crippen LogP contribution in [0.1, 0.15) is 126 Å². The molecule has 16 nitrogen and oxygen atoms in total. The fourth-order valence-electron chi connectivity index (χ4n) is 10.3. The molecule has 3 heterocycles. The van der Waals surface area contributed by atoms with Gasteiger partial charge in [0, 0.05) is 63.2 Å². The van der Waals surface area contributed by atoms with Crippen molar-refractivity contribution in [1.82, 2.24) is 4.90 Å². The number of allylic oxidation sites excluding steroid dienone is 2. The van der Waals surface area contributed by atoms with Gasteiger partial charge in [0.15, 0.2) is 5.60 Å². The molecule has 1 saturated carbocycles. The van der Waals surface area contributed by atoms with E-state index in [0.717, 1.165) is 4.90 Å². The number of rotatable bonds is 11. The minimum atomic E-state index is -3.27. The van der Waals surface area contributed by atoms with Crippen LogP contribution >= 0.6 is 8.25 Å². The molecule has 16 atom stereocenters. The summed E-state index contributed by atoms with van der Waals surface area (Å²) in [6.45, 7) is 13.6. The molecule has 1 amide bonds. The Labute approximate surface area is 397 Å². The molecule has 4 aliphatic rings. The number of cyclic esters (lactones) is 1. The average Bonchev–Trinajstić information content (AvgIpc) is 3.29. The Bertz CT molecular complexity index is 1670. The molecule has 67 heavy (non-hydrogen) atoms. The Kier molecular flexibility index (Phi) is 24.0. The molecule has 2 unspecified atom stereocenters. The summed E-state index contributed by atoms with van der Waals surface area (Å²) in [6, 6.07) is -1.28. The standard InChI is InChI=1S/C46H75F2NO14P.C2H6O/c1-11-32-20-26(3)19-27(4)21-37(58-9)40-38(59-10)23-29(6)46(55,62-40)41(52)42(53)49-18-14-13-15-33(49)43(54)61-39(28(5)22-31-16-17-34(50)36(24-31)57-8)30(7)35(51)25-45(32,44(47)48)63-64(56)60-12-2;1-2-3/h20,22,27,29-40,44,50-51,55H,11-19,21,23-25H2,1-10H3;3H,2H2,1H3/q+1;/b26-20+,28-22+;/t27-,29+,30+,31-,32+,33-,34+,35-,36+,37-,38-,39+,40+,45?,46+;/m0./s1. The lowest BCUT2D eigenvalue weighted by Gasteiger charge is -2.47. The molecular weight excluding hydrogens is 899 g/mol. The lowest BCUT2D eigenvalue weighted by atomic mass is 9.76. The zero-order chi connectivity index (χ0) is 50.4. The van der Waals surface area contributed by atoms with E-state index in [1.165, 1.54) is 21.3 Å². The van der Waals surface area contributed by atoms with Crippen molar-refractivity contribution in [2.75, 3.05) is 41.1 Å². The highest BCUT2D eigenvalue weighted by atomic mass is 31.1. The maximum atomic E-state index is 16.0. The van der Waals surface area contributed by atoms with Crippen molar-refractivity contribution < 1.29 is 80.9 Å². The van der Waals surface area contributed by atoms with Gasteiger partial charge in [0.2, 0.25) is 5.79 Å². The summed E-state index contributed by atoms with van der Waals surface area (Å²) < 4.78 is 85.8. The number of ether oxygens (including phenoxy) is 5. The van der Waals surface area contributed by atoms with Gasteiger partial charge in [0.05, 0.1) is 30.5 Å². The van der Waals surface area contributed by atoms with Crippen LogP contribution in [0.4, 0.5) is 8.78 Å². The first-order chi connectivity index (χ1) is 31.6. The molecule has 4 rings (SSSR count). The molecule has 0 spiro atoms. The smallest absolute Gasteiger partial charge is 0.456 e. The number of fused-ring (bicyclic) bond motifs is 3. The van der Waals surface area contributed by atoms with Gasteiger partial charge in [-0.3, -0.25) is 9.59 Å². The highest BCUT2D eigenvalue weighted by Crippen LogP contribution is 2.47. The van der Waals surface area contributed by atoms with E-state index in [1.54, 1.807) is 54.5 Å². The van der Waals surface area contributed by atoms with Crippen LogP contribution < -0.4 is 0 Å². The number of methoxy groups -OCH3 is 3. The van der Waals surface area contributed by atoms with Crippen molar-refractivity contribution in [3.63, 3.8) is 0 Å². The van der Waals surface area contributed by atoms with Crippen LogP contribution in [0.2, 0.25) is 0 Å². The monoisotopic (exact) mass is 981 g/mol. The minimum Gasteiger partial charge on any atom is -0.456 e. The quantitative estimate of drug-likeness (QED) is 0.0741. The van der Waals surface area contributed by atoms with E-state index >= 15 is 8.78 Å². The number of piperidine rings is 1. The summed E-state index contributed by atoms with van der Waals surface area (Å²) in [4.78, 5) is 44.3. The van der Waals surface area contributed by atoms with Gasteiger partial charge in [0.1, 0.15) is 24.9 Å². The van der Waals surface area contributed by atoms with E-state index in [2.05, 4.69) is 0 Å². The van der Waals surface area contributed by atoms with Crippen molar-refractivity contribution in [3.8, 4) is 0 Å². The van der Waals surface area contributed by atoms with Crippen LogP contribution in [0.5, 0.6) is 0 Å². The zero-order valence-electron chi connectivity index (χ0n) is 41.6. The molecule has 386 valence electrons. The molecule has 0 radical (unpaired) electrons. The number of esters is 1. The first kappa shape index (κ1) is 59.0. The normalized spacial score (nSPS) is 39.0. The van der Waals surface area contributed by atoms with Gasteiger partial charge in [0.25, 0.3) is 18.1 Å². The third-order valence-electron chi connectivity index (χ3n) is 14.1. The molecule has 1 aliphatic carbocycles. The van der Waals surface area contributed by atoms with Gasteiger partial charge >= 0.3 is 14.2 Å². The number of ketones is 1. The van der Waals surface area contributed by atoms with Gasteiger partial charge in [-0.15, -0.1) is 9.05 Å². The average molecular weight is 981 g/mol. The van der Waals surface area contributed by atoms with Gasteiger partial charge in [-0.1, -0.05) is 45.4 Å². The number of carbonyl (C=O) groups is 3. The Morgan fingerprint density at radius 1 is 0.955 bits per heavy atom. The molecule has 0 aromatic carbocycles. The fourth-order valence-corrected chi connectivity index (χ4v) is 11.2. The molecule has 3 aliphatic heterocycles. The van der Waals surface area contributed by atoms with Crippen molar-refractivity contribution in [3.05, 3.63) is 23.3 Å². The van der Waals surface area contributed by atoms with Crippen LogP contribution in [0, 0.1) is 29.6 Å². The van der Waals surface area contributed by atoms with Crippen LogP contribution in [-0.2, 0) is 51.7 Å². The maximum absolute atomic E-state index is 16.0. The number of hydrogen-bond donors (Lipinski definition) is 4. The summed E-state index contributed by atoms with van der Waals surface area (Å²) in [5.41, 5.74) is -1.36. The van der Waals surface area contributed by atoms with Crippen molar-refractivity contribution in [2.24, 2.45) is 29.6 Å². The Morgan fingerprint density at radius 2 is 1.58 bits per heavy atom. The van der Waals surface area contributed by atoms with Gasteiger partial charge < -0.3 is 49.0 Å². The molecule has 2 saturated heterocycles.